The zero-order valence-corrected chi connectivity index (χ0v) is 14.9. The highest BCUT2D eigenvalue weighted by Gasteiger charge is 2.48. The number of carbonyl (C=O) groups is 3. The van der Waals surface area contributed by atoms with E-state index in [4.69, 9.17) is 5.11 Å². The summed E-state index contributed by atoms with van der Waals surface area (Å²) >= 11 is 1.41. The Bertz CT molecular complexity index is 713. The predicted molar refractivity (Wildman–Crippen MR) is 91.2 cm³/mol. The van der Waals surface area contributed by atoms with Crippen LogP contribution in [0.3, 0.4) is 0 Å². The summed E-state index contributed by atoms with van der Waals surface area (Å²) in [7, 11) is 0. The van der Waals surface area contributed by atoms with Gasteiger partial charge in [-0.05, 0) is 42.2 Å². The predicted octanol–water partition coefficient (Wildman–Crippen LogP) is 0.883. The van der Waals surface area contributed by atoms with Crippen molar-refractivity contribution in [1.29, 1.82) is 0 Å². The number of aliphatic carboxylic acids is 1. The Hall–Kier alpha value is -1.84. The van der Waals surface area contributed by atoms with Crippen molar-refractivity contribution in [1.82, 2.24) is 15.2 Å². The first-order valence-corrected chi connectivity index (χ1v) is 8.86. The molecular weight excluding hydrogens is 346 g/mol. The zero-order chi connectivity index (χ0) is 18.4. The average Bonchev–Trinajstić information content (AvgIpc) is 2.82. The third-order valence-corrected chi connectivity index (χ3v) is 5.76. The van der Waals surface area contributed by atoms with Gasteiger partial charge in [0.25, 0.3) is 0 Å². The summed E-state index contributed by atoms with van der Waals surface area (Å²) < 4.78 is 1.60. The van der Waals surface area contributed by atoms with E-state index in [2.05, 4.69) is 24.6 Å². The second-order valence-electron chi connectivity index (χ2n) is 7.23. The molecule has 0 amide bonds. The van der Waals surface area contributed by atoms with E-state index in [9.17, 15) is 19.5 Å². The molecule has 0 saturated heterocycles. The van der Waals surface area contributed by atoms with E-state index < -0.39 is 36.0 Å². The van der Waals surface area contributed by atoms with Crippen LogP contribution in [0.4, 0.5) is 0 Å². The molecule has 0 spiro atoms. The molecule has 2 aliphatic heterocycles. The number of Topliss-reactive ketones (excluding diaryl/α,β-unsaturated/α-hetero) is 2. The Kier molecular flexibility index (Phi) is 4.65. The molecule has 0 bridgehead atoms. The largest absolute Gasteiger partial charge is 0.493 e. The summed E-state index contributed by atoms with van der Waals surface area (Å²) in [5.41, 5.74) is 3.61. The van der Waals surface area contributed by atoms with Crippen molar-refractivity contribution >= 4 is 29.5 Å². The van der Waals surface area contributed by atoms with Crippen molar-refractivity contribution in [3.05, 3.63) is 21.9 Å². The molecule has 4 N–H and O–H groups in total. The van der Waals surface area contributed by atoms with Gasteiger partial charge in [0.05, 0.1) is 13.1 Å². The summed E-state index contributed by atoms with van der Waals surface area (Å²) in [4.78, 5) is 36.8. The minimum absolute atomic E-state index is 0.165. The molecule has 3 aliphatic rings. The standard InChI is InChI=1S/C16H21N3O5S/c1-16(2)4-3-8-10(5-16)25-19-13(8)14(23)12(15(24)18-19)9(20)6-17-7-11(21)22/h13,17-18,24H,3-7H2,1-2H3,(H,21,22). The van der Waals surface area contributed by atoms with Crippen molar-refractivity contribution in [2.24, 2.45) is 5.41 Å². The summed E-state index contributed by atoms with van der Waals surface area (Å²) in [6.45, 7) is 3.65. The van der Waals surface area contributed by atoms with Crippen LogP contribution in [0.5, 0.6) is 0 Å². The van der Waals surface area contributed by atoms with E-state index in [1.807, 2.05) is 0 Å². The number of rotatable bonds is 5. The number of hydrogen-bond acceptors (Lipinski definition) is 8. The van der Waals surface area contributed by atoms with Gasteiger partial charge in [-0.25, -0.2) is 0 Å². The maximum absolute atomic E-state index is 12.9. The number of fused-ring (bicyclic) bond motifs is 2. The Labute approximate surface area is 149 Å². The first-order valence-electron chi connectivity index (χ1n) is 8.08. The third-order valence-electron chi connectivity index (χ3n) is 4.63. The van der Waals surface area contributed by atoms with Crippen LogP contribution in [-0.2, 0) is 14.4 Å². The molecule has 2 heterocycles. The SMILES string of the molecule is CC1(C)CCC2=C(C1)SN1NC(O)=C(C(=O)CNCC(=O)O)C(=O)C21. The van der Waals surface area contributed by atoms with Gasteiger partial charge in [-0.3, -0.25) is 25.1 Å². The summed E-state index contributed by atoms with van der Waals surface area (Å²) in [6.07, 6.45) is 2.60. The number of nitrogens with zero attached hydrogens (tertiary/aromatic N) is 1. The quantitative estimate of drug-likeness (QED) is 0.415. The number of hydrogen-bond donors (Lipinski definition) is 4. The van der Waals surface area contributed by atoms with E-state index >= 15 is 0 Å². The zero-order valence-electron chi connectivity index (χ0n) is 14.1. The smallest absolute Gasteiger partial charge is 0.317 e. The van der Waals surface area contributed by atoms with E-state index in [0.717, 1.165) is 29.7 Å². The topological polar surface area (TPSA) is 119 Å². The lowest BCUT2D eigenvalue weighted by atomic mass is 9.75. The molecule has 136 valence electrons. The lowest BCUT2D eigenvalue weighted by Crippen LogP contribution is -2.51. The van der Waals surface area contributed by atoms with Crippen LogP contribution < -0.4 is 10.7 Å². The Morgan fingerprint density at radius 2 is 2.12 bits per heavy atom. The van der Waals surface area contributed by atoms with Crippen LogP contribution in [0.1, 0.15) is 33.1 Å². The summed E-state index contributed by atoms with van der Waals surface area (Å²) in [5, 5.41) is 21.2. The van der Waals surface area contributed by atoms with E-state index in [1.54, 1.807) is 4.41 Å². The lowest BCUT2D eigenvalue weighted by Gasteiger charge is -2.32. The van der Waals surface area contributed by atoms with Crippen LogP contribution in [0.2, 0.25) is 0 Å². The van der Waals surface area contributed by atoms with E-state index in [0.29, 0.717) is 0 Å². The van der Waals surface area contributed by atoms with Crippen molar-refractivity contribution in [2.45, 2.75) is 39.2 Å². The van der Waals surface area contributed by atoms with Gasteiger partial charge in [-0.15, -0.1) is 4.41 Å². The number of aliphatic hydroxyl groups is 1. The van der Waals surface area contributed by atoms with Crippen LogP contribution >= 0.6 is 11.9 Å². The Balaban J connectivity index is 1.79. The summed E-state index contributed by atoms with van der Waals surface area (Å²) in [5.74, 6) is -2.63. The molecule has 0 aromatic rings. The Morgan fingerprint density at radius 3 is 2.80 bits per heavy atom. The number of ketones is 2. The maximum Gasteiger partial charge on any atom is 0.317 e. The fraction of sp³-hybridized carbons (Fsp3) is 0.562. The van der Waals surface area contributed by atoms with Crippen LogP contribution in [0, 0.1) is 5.41 Å². The van der Waals surface area contributed by atoms with Gasteiger partial charge in [0.2, 0.25) is 5.88 Å². The normalized spacial score (nSPS) is 25.5. The van der Waals surface area contributed by atoms with Crippen LogP contribution in [0.15, 0.2) is 21.9 Å². The second kappa shape index (κ2) is 6.47. The minimum Gasteiger partial charge on any atom is -0.493 e. The molecule has 1 aliphatic carbocycles. The molecule has 25 heavy (non-hydrogen) atoms. The highest BCUT2D eigenvalue weighted by Crippen LogP contribution is 2.51. The van der Waals surface area contributed by atoms with Crippen molar-refractivity contribution in [3.63, 3.8) is 0 Å². The first kappa shape index (κ1) is 18.0. The molecule has 0 aromatic carbocycles. The third kappa shape index (κ3) is 3.44. The maximum atomic E-state index is 12.9. The molecule has 0 radical (unpaired) electrons. The van der Waals surface area contributed by atoms with Crippen molar-refractivity contribution < 1.29 is 24.6 Å². The van der Waals surface area contributed by atoms with Gasteiger partial charge < -0.3 is 10.2 Å². The van der Waals surface area contributed by atoms with Gasteiger partial charge in [-0.1, -0.05) is 13.8 Å². The fourth-order valence-electron chi connectivity index (χ4n) is 3.35. The number of allylic oxidation sites excluding steroid dienone is 1. The minimum atomic E-state index is -1.10. The van der Waals surface area contributed by atoms with Gasteiger partial charge in [0.1, 0.15) is 11.6 Å². The van der Waals surface area contributed by atoms with Gasteiger partial charge >= 0.3 is 5.97 Å². The molecule has 8 nitrogen and oxygen atoms in total. The number of carboxylic acid groups (broad SMARTS) is 1. The molecule has 1 atom stereocenters. The molecule has 3 rings (SSSR count). The van der Waals surface area contributed by atoms with Gasteiger partial charge in [-0.2, -0.15) is 0 Å². The van der Waals surface area contributed by atoms with Gasteiger partial charge in [0.15, 0.2) is 11.6 Å². The monoisotopic (exact) mass is 367 g/mol. The molecule has 0 saturated carbocycles. The number of carboxylic acids is 1. The highest BCUT2D eigenvalue weighted by atomic mass is 32.2. The van der Waals surface area contributed by atoms with Gasteiger partial charge in [0, 0.05) is 4.91 Å². The van der Waals surface area contributed by atoms with E-state index in [-0.39, 0.29) is 17.5 Å². The van der Waals surface area contributed by atoms with Crippen LogP contribution in [0.25, 0.3) is 0 Å². The van der Waals surface area contributed by atoms with Crippen molar-refractivity contribution in [2.75, 3.05) is 13.1 Å². The molecule has 1 unspecified atom stereocenters. The first-order chi connectivity index (χ1) is 11.7. The highest BCUT2D eigenvalue weighted by molar-refractivity contribution is 8.01. The summed E-state index contributed by atoms with van der Waals surface area (Å²) in [6, 6.07) is -0.592. The average molecular weight is 367 g/mol. The number of hydrazine groups is 1. The number of aliphatic hydroxyl groups excluding tert-OH is 1. The van der Waals surface area contributed by atoms with E-state index in [1.165, 1.54) is 11.9 Å². The molecule has 0 fully saturated rings. The Morgan fingerprint density at radius 1 is 1.40 bits per heavy atom. The molecule has 9 heteroatoms. The molecular formula is C16H21N3O5S. The van der Waals surface area contributed by atoms with Crippen molar-refractivity contribution in [3.8, 4) is 0 Å². The fourth-order valence-corrected chi connectivity index (χ4v) is 4.83. The van der Waals surface area contributed by atoms with Crippen LogP contribution in [-0.4, -0.2) is 51.3 Å². The second-order valence-corrected chi connectivity index (χ2v) is 8.30. The number of nitrogens with one attached hydrogen (secondary N) is 2. The lowest BCUT2D eigenvalue weighted by molar-refractivity contribution is -0.135. The molecule has 0 aromatic heterocycles. The number of carbonyl (C=O) groups excluding carboxylic acids is 2.